The zero-order chi connectivity index (χ0) is 11.5. The molecule has 3 atom stereocenters. The summed E-state index contributed by atoms with van der Waals surface area (Å²) in [5.74, 6) is 2.92. The van der Waals surface area contributed by atoms with Crippen molar-refractivity contribution in [2.45, 2.75) is 58.5 Å². The molecule has 2 nitrogen and oxygen atoms in total. The van der Waals surface area contributed by atoms with Crippen LogP contribution in [-0.2, 0) is 0 Å². The van der Waals surface area contributed by atoms with Crippen LogP contribution in [0.1, 0.15) is 46.5 Å². The molecule has 1 N–H and O–H groups in total. The first-order valence-corrected chi connectivity index (χ1v) is 7.63. The number of nitrogens with one attached hydrogen (secondary N) is 1. The van der Waals surface area contributed by atoms with Crippen LogP contribution in [0.2, 0.25) is 0 Å². The third-order valence-electron chi connectivity index (χ3n) is 3.69. The lowest BCUT2D eigenvalue weighted by molar-refractivity contribution is 0.256. The topological polar surface area (TPSA) is 24.4 Å². The Bertz CT molecular complexity index is 255. The molecule has 0 amide bonds. The fourth-order valence-electron chi connectivity index (χ4n) is 2.94. The van der Waals surface area contributed by atoms with Crippen LogP contribution in [0.25, 0.3) is 0 Å². The lowest BCUT2D eigenvalue weighted by Crippen LogP contribution is -2.38. The third-order valence-corrected chi connectivity index (χ3v) is 4.74. The van der Waals surface area contributed by atoms with Gasteiger partial charge >= 0.3 is 0 Å². The SMILES string of the molecule is CCC1CSC(NC2CC(C)CC(C)C2)=N1. The second-order valence-corrected chi connectivity index (χ2v) is 6.57. The first-order chi connectivity index (χ1) is 7.67. The number of amidine groups is 1. The molecule has 0 radical (unpaired) electrons. The fourth-order valence-corrected chi connectivity index (χ4v) is 4.08. The molecule has 0 aromatic heterocycles. The summed E-state index contributed by atoms with van der Waals surface area (Å²) in [5, 5.41) is 4.86. The lowest BCUT2D eigenvalue weighted by atomic mass is 9.80. The van der Waals surface area contributed by atoms with Gasteiger partial charge in [-0.05, 0) is 37.5 Å². The minimum absolute atomic E-state index is 0.561. The number of hydrogen-bond acceptors (Lipinski definition) is 3. The van der Waals surface area contributed by atoms with E-state index in [2.05, 4.69) is 26.1 Å². The van der Waals surface area contributed by atoms with Crippen molar-refractivity contribution in [3.8, 4) is 0 Å². The maximum atomic E-state index is 4.72. The molecule has 1 saturated carbocycles. The summed E-state index contributed by atoms with van der Waals surface area (Å²) >= 11 is 1.91. The van der Waals surface area contributed by atoms with Crippen molar-refractivity contribution in [2.24, 2.45) is 16.8 Å². The smallest absolute Gasteiger partial charge is 0.157 e. The van der Waals surface area contributed by atoms with Crippen LogP contribution in [0, 0.1) is 11.8 Å². The van der Waals surface area contributed by atoms with Crippen molar-refractivity contribution in [2.75, 3.05) is 5.75 Å². The number of aliphatic imine (C=N–C) groups is 1. The van der Waals surface area contributed by atoms with Gasteiger partial charge in [0.15, 0.2) is 5.17 Å². The zero-order valence-corrected chi connectivity index (χ0v) is 11.5. The Morgan fingerprint density at radius 2 is 1.94 bits per heavy atom. The van der Waals surface area contributed by atoms with Crippen LogP contribution in [0.5, 0.6) is 0 Å². The number of thioether (sulfide) groups is 1. The minimum Gasteiger partial charge on any atom is -0.362 e. The molecule has 1 heterocycles. The van der Waals surface area contributed by atoms with E-state index in [1.807, 2.05) is 11.8 Å². The van der Waals surface area contributed by atoms with Gasteiger partial charge in [-0.15, -0.1) is 0 Å². The van der Waals surface area contributed by atoms with Crippen LogP contribution in [0.15, 0.2) is 4.99 Å². The van der Waals surface area contributed by atoms with Crippen LogP contribution in [-0.4, -0.2) is 23.0 Å². The maximum Gasteiger partial charge on any atom is 0.157 e. The Balaban J connectivity index is 1.85. The van der Waals surface area contributed by atoms with Crippen LogP contribution in [0.3, 0.4) is 0 Å². The second kappa shape index (κ2) is 5.44. The third kappa shape index (κ3) is 3.16. The summed E-state index contributed by atoms with van der Waals surface area (Å²) in [7, 11) is 0. The molecule has 0 bridgehead atoms. The molecule has 3 heteroatoms. The minimum atomic E-state index is 0.561. The fraction of sp³-hybridized carbons (Fsp3) is 0.923. The normalized spacial score (nSPS) is 39.6. The average Bonchev–Trinajstić information content (AvgIpc) is 2.64. The quantitative estimate of drug-likeness (QED) is 0.801. The maximum absolute atomic E-state index is 4.72. The largest absolute Gasteiger partial charge is 0.362 e. The van der Waals surface area contributed by atoms with E-state index in [0.29, 0.717) is 12.1 Å². The van der Waals surface area contributed by atoms with Gasteiger partial charge < -0.3 is 5.32 Å². The molecule has 92 valence electrons. The predicted octanol–water partition coefficient (Wildman–Crippen LogP) is 3.28. The molecule has 2 aliphatic rings. The summed E-state index contributed by atoms with van der Waals surface area (Å²) in [6, 6.07) is 1.23. The van der Waals surface area contributed by atoms with E-state index >= 15 is 0 Å². The van der Waals surface area contributed by atoms with Gasteiger partial charge in [-0.2, -0.15) is 0 Å². The predicted molar refractivity (Wildman–Crippen MR) is 73.1 cm³/mol. The molecular weight excluding hydrogens is 216 g/mol. The van der Waals surface area contributed by atoms with E-state index in [0.717, 1.165) is 11.8 Å². The average molecular weight is 240 g/mol. The van der Waals surface area contributed by atoms with Gasteiger partial charge in [0.25, 0.3) is 0 Å². The Morgan fingerprint density at radius 3 is 2.50 bits per heavy atom. The van der Waals surface area contributed by atoms with Crippen LogP contribution in [0.4, 0.5) is 0 Å². The molecule has 1 aliphatic carbocycles. The standard InChI is InChI=1S/C13H24N2S/c1-4-11-8-16-13(14-11)15-12-6-9(2)5-10(3)7-12/h9-12H,4-8H2,1-3H3,(H,14,15). The van der Waals surface area contributed by atoms with Crippen molar-refractivity contribution in [3.05, 3.63) is 0 Å². The monoisotopic (exact) mass is 240 g/mol. The molecule has 3 unspecified atom stereocenters. The Morgan fingerprint density at radius 1 is 1.25 bits per heavy atom. The second-order valence-electron chi connectivity index (χ2n) is 5.57. The number of hydrogen-bond donors (Lipinski definition) is 1. The zero-order valence-electron chi connectivity index (χ0n) is 10.7. The van der Waals surface area contributed by atoms with Gasteiger partial charge in [0.1, 0.15) is 0 Å². The number of rotatable bonds is 2. The van der Waals surface area contributed by atoms with Crippen LogP contribution < -0.4 is 5.32 Å². The molecule has 0 aromatic rings. The van der Waals surface area contributed by atoms with Crippen molar-refractivity contribution in [3.63, 3.8) is 0 Å². The highest BCUT2D eigenvalue weighted by molar-refractivity contribution is 8.14. The summed E-state index contributed by atoms with van der Waals surface area (Å²) in [6.07, 6.45) is 5.21. The molecule has 0 saturated heterocycles. The van der Waals surface area contributed by atoms with E-state index in [1.165, 1.54) is 36.6 Å². The summed E-state index contributed by atoms with van der Waals surface area (Å²) in [4.78, 5) is 4.72. The molecule has 2 rings (SSSR count). The first kappa shape index (κ1) is 12.3. The Hall–Kier alpha value is -0.180. The molecule has 1 aliphatic heterocycles. The Labute approximate surface area is 104 Å². The van der Waals surface area contributed by atoms with Gasteiger partial charge in [-0.1, -0.05) is 32.5 Å². The van der Waals surface area contributed by atoms with E-state index in [1.54, 1.807) is 0 Å². The van der Waals surface area contributed by atoms with Gasteiger partial charge in [-0.25, -0.2) is 0 Å². The van der Waals surface area contributed by atoms with Crippen LogP contribution >= 0.6 is 11.8 Å². The number of nitrogens with zero attached hydrogens (tertiary/aromatic N) is 1. The highest BCUT2D eigenvalue weighted by Gasteiger charge is 2.26. The summed E-state index contributed by atoms with van der Waals surface area (Å²) in [5.41, 5.74) is 0. The lowest BCUT2D eigenvalue weighted by Gasteiger charge is -2.32. The van der Waals surface area contributed by atoms with Gasteiger partial charge in [0, 0.05) is 11.8 Å². The molecule has 16 heavy (non-hydrogen) atoms. The highest BCUT2D eigenvalue weighted by Crippen LogP contribution is 2.29. The highest BCUT2D eigenvalue weighted by atomic mass is 32.2. The van der Waals surface area contributed by atoms with E-state index in [9.17, 15) is 0 Å². The van der Waals surface area contributed by atoms with Crippen molar-refractivity contribution in [1.29, 1.82) is 0 Å². The first-order valence-electron chi connectivity index (χ1n) is 6.64. The van der Waals surface area contributed by atoms with Gasteiger partial charge in [0.2, 0.25) is 0 Å². The van der Waals surface area contributed by atoms with E-state index in [4.69, 9.17) is 4.99 Å². The van der Waals surface area contributed by atoms with Gasteiger partial charge in [-0.3, -0.25) is 4.99 Å². The van der Waals surface area contributed by atoms with Crippen molar-refractivity contribution in [1.82, 2.24) is 5.32 Å². The van der Waals surface area contributed by atoms with Crippen molar-refractivity contribution >= 4 is 16.9 Å². The Kier molecular flexibility index (Phi) is 4.17. The molecule has 1 fully saturated rings. The molecule has 0 aromatic carbocycles. The van der Waals surface area contributed by atoms with E-state index < -0.39 is 0 Å². The molecular formula is C13H24N2S. The molecule has 0 spiro atoms. The van der Waals surface area contributed by atoms with Crippen molar-refractivity contribution < 1.29 is 0 Å². The summed E-state index contributed by atoms with van der Waals surface area (Å²) in [6.45, 7) is 6.98. The summed E-state index contributed by atoms with van der Waals surface area (Å²) < 4.78 is 0. The van der Waals surface area contributed by atoms with Gasteiger partial charge in [0.05, 0.1) is 6.04 Å². The van der Waals surface area contributed by atoms with E-state index in [-0.39, 0.29) is 0 Å².